The Morgan fingerprint density at radius 3 is 2.08 bits per heavy atom. The smallest absolute Gasteiger partial charge is 0.214 e. The molecule has 0 radical (unpaired) electrons. The number of hydrogen-bond acceptors (Lipinski definition) is 3. The minimum atomic E-state index is -0.132. The van der Waals surface area contributed by atoms with E-state index in [0.29, 0.717) is 22.5 Å². The molecule has 1 aromatic heterocycles. The molecule has 1 aliphatic carbocycles. The number of nitrogens with zero attached hydrogens (tertiary/aromatic N) is 2. The van der Waals surface area contributed by atoms with Gasteiger partial charge in [-0.15, -0.1) is 0 Å². The molecule has 1 aliphatic rings. The fourth-order valence-electron chi connectivity index (χ4n) is 3.76. The Morgan fingerprint density at radius 2 is 1.42 bits per heavy atom. The maximum Gasteiger partial charge on any atom is 0.214 e. The molecule has 0 amide bonds. The number of imidazole rings is 1. The topological polar surface area (TPSA) is 52.0 Å². The first-order valence-electron chi connectivity index (χ1n) is 9.90. The van der Waals surface area contributed by atoms with E-state index >= 15 is 0 Å². The van der Waals surface area contributed by atoms with Crippen molar-refractivity contribution in [1.82, 2.24) is 9.55 Å². The Kier molecular flexibility index (Phi) is 6.02. The zero-order valence-electron chi connectivity index (χ0n) is 15.9. The summed E-state index contributed by atoms with van der Waals surface area (Å²) < 4.78 is 1.95. The van der Waals surface area contributed by atoms with Crippen LogP contribution in [0.25, 0.3) is 0 Å². The first kappa shape index (κ1) is 18.6. The van der Waals surface area contributed by atoms with Crippen LogP contribution in [0.5, 0.6) is 0 Å². The Balaban J connectivity index is 1.65. The van der Waals surface area contributed by atoms with Gasteiger partial charge in [-0.25, -0.2) is 4.98 Å². The van der Waals surface area contributed by atoms with Crippen molar-refractivity contribution in [3.63, 3.8) is 0 Å². The fraction of sp³-hybridized carbons (Fsp3) is 0.500. The minimum absolute atomic E-state index is 0.0737. The summed E-state index contributed by atoms with van der Waals surface area (Å²) in [4.78, 5) is 30.0. The molecule has 4 heteroatoms. The van der Waals surface area contributed by atoms with E-state index in [1.165, 1.54) is 38.5 Å². The fourth-order valence-corrected chi connectivity index (χ4v) is 3.76. The van der Waals surface area contributed by atoms with E-state index in [0.717, 1.165) is 25.2 Å². The van der Waals surface area contributed by atoms with E-state index in [9.17, 15) is 9.59 Å². The molecule has 0 saturated carbocycles. The molecule has 0 saturated heterocycles. The van der Waals surface area contributed by atoms with Crippen LogP contribution in [0.15, 0.2) is 24.3 Å². The van der Waals surface area contributed by atoms with Crippen LogP contribution in [0.3, 0.4) is 0 Å². The van der Waals surface area contributed by atoms with Crippen molar-refractivity contribution in [2.45, 2.75) is 71.8 Å². The molecular weight excluding hydrogens is 324 g/mol. The van der Waals surface area contributed by atoms with Crippen molar-refractivity contribution in [2.24, 2.45) is 0 Å². The number of rotatable bonds is 9. The molecule has 3 rings (SSSR count). The average molecular weight is 352 g/mol. The van der Waals surface area contributed by atoms with Crippen LogP contribution in [-0.4, -0.2) is 21.1 Å². The summed E-state index contributed by atoms with van der Waals surface area (Å²) in [5.74, 6) is 0.552. The molecule has 0 unspecified atom stereocenters. The van der Waals surface area contributed by atoms with Crippen molar-refractivity contribution in [1.29, 1.82) is 0 Å². The molecule has 0 aliphatic heterocycles. The molecule has 0 spiro atoms. The van der Waals surface area contributed by atoms with Gasteiger partial charge in [0.25, 0.3) is 0 Å². The lowest BCUT2D eigenvalue weighted by Crippen LogP contribution is -2.23. The highest BCUT2D eigenvalue weighted by Gasteiger charge is 2.34. The molecule has 138 valence electrons. The van der Waals surface area contributed by atoms with Gasteiger partial charge in [0.1, 0.15) is 17.2 Å². The quantitative estimate of drug-likeness (QED) is 0.503. The maximum atomic E-state index is 12.9. The van der Waals surface area contributed by atoms with Crippen LogP contribution >= 0.6 is 0 Å². The second-order valence-electron chi connectivity index (χ2n) is 7.19. The van der Waals surface area contributed by atoms with E-state index in [1.54, 1.807) is 24.3 Å². The number of aromatic nitrogens is 2. The number of aryl methyl sites for hydroxylation is 1. The van der Waals surface area contributed by atoms with E-state index < -0.39 is 0 Å². The van der Waals surface area contributed by atoms with Gasteiger partial charge in [-0.2, -0.15) is 0 Å². The van der Waals surface area contributed by atoms with Crippen LogP contribution < -0.4 is 0 Å². The summed E-state index contributed by atoms with van der Waals surface area (Å²) in [6.45, 7) is 4.87. The highest BCUT2D eigenvalue weighted by Crippen LogP contribution is 2.28. The molecule has 0 bridgehead atoms. The molecular formula is C22H28N2O2. The number of fused-ring (bicyclic) bond motifs is 2. The summed E-state index contributed by atoms with van der Waals surface area (Å²) in [6.07, 6.45) is 9.94. The molecule has 0 atom stereocenters. The van der Waals surface area contributed by atoms with E-state index in [1.807, 2.05) is 11.5 Å². The maximum absolute atomic E-state index is 12.9. The van der Waals surface area contributed by atoms with Gasteiger partial charge in [0, 0.05) is 17.7 Å². The number of unbranched alkanes of at least 4 members (excludes halogenated alkanes) is 7. The highest BCUT2D eigenvalue weighted by atomic mass is 16.1. The second-order valence-corrected chi connectivity index (χ2v) is 7.19. The Labute approximate surface area is 155 Å². The lowest BCUT2D eigenvalue weighted by atomic mass is 9.90. The minimum Gasteiger partial charge on any atom is -0.325 e. The zero-order chi connectivity index (χ0) is 18.5. The third-order valence-electron chi connectivity index (χ3n) is 5.24. The first-order chi connectivity index (χ1) is 12.6. The molecule has 0 N–H and O–H groups in total. The average Bonchev–Trinajstić information content (AvgIpc) is 2.99. The van der Waals surface area contributed by atoms with Crippen molar-refractivity contribution in [3.8, 4) is 0 Å². The van der Waals surface area contributed by atoms with Crippen LogP contribution in [-0.2, 0) is 6.54 Å². The van der Waals surface area contributed by atoms with Crippen LogP contribution in [0.1, 0.15) is 96.2 Å². The number of carbonyl (C=O) groups is 2. The lowest BCUT2D eigenvalue weighted by molar-refractivity contribution is 0.0970. The number of ketones is 2. The van der Waals surface area contributed by atoms with Gasteiger partial charge in [0.2, 0.25) is 11.6 Å². The van der Waals surface area contributed by atoms with Gasteiger partial charge in [-0.3, -0.25) is 9.59 Å². The van der Waals surface area contributed by atoms with Crippen LogP contribution in [0.4, 0.5) is 0 Å². The van der Waals surface area contributed by atoms with Gasteiger partial charge < -0.3 is 4.57 Å². The second kappa shape index (κ2) is 8.43. The standard InChI is InChI=1S/C22H28N2O2/c1-3-4-5-6-7-8-9-12-15-24-16(2)23-19-20(24)22(26)18-14-11-10-13-17(18)21(19)25/h10-11,13-14H,3-9,12,15H2,1-2H3. The monoisotopic (exact) mass is 352 g/mol. The molecule has 4 nitrogen and oxygen atoms in total. The predicted molar refractivity (Wildman–Crippen MR) is 103 cm³/mol. The van der Waals surface area contributed by atoms with Crippen molar-refractivity contribution >= 4 is 11.6 Å². The molecule has 1 aromatic carbocycles. The number of carbonyl (C=O) groups excluding carboxylic acids is 2. The Morgan fingerprint density at radius 1 is 0.846 bits per heavy atom. The van der Waals surface area contributed by atoms with Crippen molar-refractivity contribution in [3.05, 3.63) is 52.6 Å². The highest BCUT2D eigenvalue weighted by molar-refractivity contribution is 6.27. The Hall–Kier alpha value is -2.23. The summed E-state index contributed by atoms with van der Waals surface area (Å²) in [5, 5.41) is 0. The van der Waals surface area contributed by atoms with Crippen molar-refractivity contribution in [2.75, 3.05) is 0 Å². The number of benzene rings is 1. The van der Waals surface area contributed by atoms with Crippen molar-refractivity contribution < 1.29 is 9.59 Å². The zero-order valence-corrected chi connectivity index (χ0v) is 15.9. The molecule has 1 heterocycles. The first-order valence-corrected chi connectivity index (χ1v) is 9.90. The van der Waals surface area contributed by atoms with E-state index in [-0.39, 0.29) is 11.6 Å². The third kappa shape index (κ3) is 3.64. The largest absolute Gasteiger partial charge is 0.325 e. The van der Waals surface area contributed by atoms with Gasteiger partial charge in [-0.1, -0.05) is 76.1 Å². The lowest BCUT2D eigenvalue weighted by Gasteiger charge is -2.16. The summed E-state index contributed by atoms with van der Waals surface area (Å²) >= 11 is 0. The summed E-state index contributed by atoms with van der Waals surface area (Å²) in [6, 6.07) is 7.05. The predicted octanol–water partition coefficient (Wildman–Crippen LogP) is 5.11. The normalized spacial score (nSPS) is 13.0. The molecule has 0 fully saturated rings. The molecule has 26 heavy (non-hydrogen) atoms. The van der Waals surface area contributed by atoms with E-state index in [4.69, 9.17) is 0 Å². The summed E-state index contributed by atoms with van der Waals surface area (Å²) in [5.41, 5.74) is 1.78. The van der Waals surface area contributed by atoms with Gasteiger partial charge in [0.05, 0.1) is 0 Å². The Bertz CT molecular complexity index is 804. The van der Waals surface area contributed by atoms with Gasteiger partial charge in [-0.05, 0) is 13.3 Å². The van der Waals surface area contributed by atoms with Gasteiger partial charge in [0.15, 0.2) is 0 Å². The molecule has 2 aromatic rings. The summed E-state index contributed by atoms with van der Waals surface area (Å²) in [7, 11) is 0. The number of hydrogen-bond donors (Lipinski definition) is 0. The van der Waals surface area contributed by atoms with E-state index in [2.05, 4.69) is 11.9 Å². The van der Waals surface area contributed by atoms with Crippen LogP contribution in [0, 0.1) is 6.92 Å². The third-order valence-corrected chi connectivity index (χ3v) is 5.24. The van der Waals surface area contributed by atoms with Crippen LogP contribution in [0.2, 0.25) is 0 Å². The SMILES string of the molecule is CCCCCCCCCCn1c(C)nc2c1C(=O)c1ccccc1C2=O. The van der Waals surface area contributed by atoms with Gasteiger partial charge >= 0.3 is 0 Å².